The molecule has 0 aromatic heterocycles. The van der Waals surface area contributed by atoms with E-state index in [4.69, 9.17) is 10.5 Å². The Labute approximate surface area is 119 Å². The van der Waals surface area contributed by atoms with Gasteiger partial charge < -0.3 is 15.8 Å². The minimum Gasteiger partial charge on any atom is -0.376 e. The lowest BCUT2D eigenvalue weighted by Crippen LogP contribution is -2.72. The number of nitrogens with two attached hydrogens (primary N) is 1. The van der Waals surface area contributed by atoms with Crippen LogP contribution in [0.2, 0.25) is 0 Å². The molecule has 1 saturated heterocycles. The number of fused-ring (bicyclic) bond motifs is 1. The van der Waals surface area contributed by atoms with Crippen LogP contribution in [-0.2, 0) is 16.0 Å². The molecule has 1 amide bonds. The standard InChI is InChI=1S/C16H22N2O2/c1-10-4-6-11(7-5-10)9-13(19)18-15-14(17)12-3-2-8-20-16(12)15/h4-7,12,14-16H,2-3,8-9,17H2,1H3,(H,18,19). The van der Waals surface area contributed by atoms with Crippen LogP contribution in [0, 0.1) is 12.8 Å². The van der Waals surface area contributed by atoms with Gasteiger partial charge >= 0.3 is 0 Å². The second kappa shape index (κ2) is 5.54. The molecule has 4 unspecified atom stereocenters. The lowest BCUT2D eigenvalue weighted by Gasteiger charge is -2.52. The van der Waals surface area contributed by atoms with Crippen LogP contribution in [-0.4, -0.2) is 30.7 Å². The second-order valence-electron chi connectivity index (χ2n) is 5.97. The molecule has 1 aromatic rings. The monoisotopic (exact) mass is 274 g/mol. The topological polar surface area (TPSA) is 64.4 Å². The Morgan fingerprint density at radius 1 is 1.40 bits per heavy atom. The highest BCUT2D eigenvalue weighted by Gasteiger charge is 2.50. The van der Waals surface area contributed by atoms with Gasteiger partial charge in [-0.3, -0.25) is 4.79 Å². The summed E-state index contributed by atoms with van der Waals surface area (Å²) >= 11 is 0. The minimum absolute atomic E-state index is 0.0155. The van der Waals surface area contributed by atoms with Gasteiger partial charge in [0.05, 0.1) is 18.6 Å². The Hall–Kier alpha value is -1.39. The third kappa shape index (κ3) is 2.58. The Balaban J connectivity index is 1.55. The fourth-order valence-electron chi connectivity index (χ4n) is 3.25. The van der Waals surface area contributed by atoms with Crippen LogP contribution in [0.5, 0.6) is 0 Å². The predicted octanol–water partition coefficient (Wildman–Crippen LogP) is 1.16. The molecule has 0 bridgehead atoms. The number of rotatable bonds is 3. The normalized spacial score (nSPS) is 32.1. The number of carbonyl (C=O) groups is 1. The van der Waals surface area contributed by atoms with Gasteiger partial charge in [0, 0.05) is 18.6 Å². The smallest absolute Gasteiger partial charge is 0.224 e. The van der Waals surface area contributed by atoms with E-state index in [1.165, 1.54) is 5.56 Å². The van der Waals surface area contributed by atoms with Gasteiger partial charge in [-0.25, -0.2) is 0 Å². The molecule has 1 heterocycles. The number of aryl methyl sites for hydroxylation is 1. The zero-order valence-corrected chi connectivity index (χ0v) is 11.8. The van der Waals surface area contributed by atoms with Gasteiger partial charge in [0.15, 0.2) is 0 Å². The molecule has 0 spiro atoms. The van der Waals surface area contributed by atoms with Crippen molar-refractivity contribution in [1.29, 1.82) is 0 Å². The number of nitrogens with one attached hydrogen (secondary N) is 1. The largest absolute Gasteiger partial charge is 0.376 e. The maximum absolute atomic E-state index is 12.1. The van der Waals surface area contributed by atoms with E-state index >= 15 is 0 Å². The van der Waals surface area contributed by atoms with Crippen molar-refractivity contribution in [3.05, 3.63) is 35.4 Å². The van der Waals surface area contributed by atoms with Crippen LogP contribution in [0.25, 0.3) is 0 Å². The van der Waals surface area contributed by atoms with Crippen molar-refractivity contribution < 1.29 is 9.53 Å². The number of hydrogen-bond donors (Lipinski definition) is 2. The molecule has 2 aliphatic rings. The van der Waals surface area contributed by atoms with Gasteiger partial charge in [-0.2, -0.15) is 0 Å². The summed E-state index contributed by atoms with van der Waals surface area (Å²) in [5, 5.41) is 3.04. The lowest BCUT2D eigenvalue weighted by molar-refractivity contribution is -0.138. The van der Waals surface area contributed by atoms with Gasteiger partial charge in [-0.1, -0.05) is 29.8 Å². The second-order valence-corrected chi connectivity index (χ2v) is 5.97. The van der Waals surface area contributed by atoms with Gasteiger partial charge in [-0.05, 0) is 25.3 Å². The third-order valence-corrected chi connectivity index (χ3v) is 4.49. The Morgan fingerprint density at radius 2 is 2.15 bits per heavy atom. The maximum Gasteiger partial charge on any atom is 0.224 e. The van der Waals surface area contributed by atoms with E-state index in [0.717, 1.165) is 25.0 Å². The van der Waals surface area contributed by atoms with Crippen LogP contribution in [0.3, 0.4) is 0 Å². The van der Waals surface area contributed by atoms with Crippen LogP contribution < -0.4 is 11.1 Å². The van der Waals surface area contributed by atoms with Gasteiger partial charge in [0.1, 0.15) is 0 Å². The van der Waals surface area contributed by atoms with Crippen molar-refractivity contribution in [2.45, 2.75) is 44.4 Å². The first-order chi connectivity index (χ1) is 9.65. The molecule has 0 radical (unpaired) electrons. The highest BCUT2D eigenvalue weighted by molar-refractivity contribution is 5.79. The average Bonchev–Trinajstić information content (AvgIpc) is 2.47. The van der Waals surface area contributed by atoms with E-state index in [9.17, 15) is 4.79 Å². The van der Waals surface area contributed by atoms with E-state index < -0.39 is 0 Å². The first-order valence-corrected chi connectivity index (χ1v) is 7.37. The summed E-state index contributed by atoms with van der Waals surface area (Å²) in [7, 11) is 0. The summed E-state index contributed by atoms with van der Waals surface area (Å²) in [6, 6.07) is 8.07. The molecule has 108 valence electrons. The van der Waals surface area contributed by atoms with Gasteiger partial charge in [-0.15, -0.1) is 0 Å². The molecule has 2 fully saturated rings. The highest BCUT2D eigenvalue weighted by atomic mass is 16.5. The Bertz CT molecular complexity index is 486. The summed E-state index contributed by atoms with van der Waals surface area (Å²) in [5.74, 6) is 0.454. The molecular weight excluding hydrogens is 252 g/mol. The average molecular weight is 274 g/mol. The zero-order valence-electron chi connectivity index (χ0n) is 11.8. The molecular formula is C16H22N2O2. The summed E-state index contributed by atoms with van der Waals surface area (Å²) in [5.41, 5.74) is 8.38. The van der Waals surface area contributed by atoms with Gasteiger partial charge in [0.25, 0.3) is 0 Å². The summed E-state index contributed by atoms with van der Waals surface area (Å²) in [6.07, 6.45) is 2.73. The number of amides is 1. The molecule has 1 saturated carbocycles. The van der Waals surface area contributed by atoms with Crippen molar-refractivity contribution in [2.24, 2.45) is 11.7 Å². The summed E-state index contributed by atoms with van der Waals surface area (Å²) < 4.78 is 5.73. The Morgan fingerprint density at radius 3 is 2.90 bits per heavy atom. The van der Waals surface area contributed by atoms with Crippen molar-refractivity contribution in [2.75, 3.05) is 6.61 Å². The van der Waals surface area contributed by atoms with E-state index in [0.29, 0.717) is 12.3 Å². The predicted molar refractivity (Wildman–Crippen MR) is 77.3 cm³/mol. The SMILES string of the molecule is Cc1ccc(CC(=O)NC2C(N)C3CCCOC32)cc1. The lowest BCUT2D eigenvalue weighted by atomic mass is 9.68. The van der Waals surface area contributed by atoms with E-state index in [2.05, 4.69) is 5.32 Å². The van der Waals surface area contributed by atoms with Gasteiger partial charge in [0.2, 0.25) is 5.91 Å². The molecule has 1 aromatic carbocycles. The molecule has 1 aliphatic carbocycles. The molecule has 20 heavy (non-hydrogen) atoms. The van der Waals surface area contributed by atoms with Crippen molar-refractivity contribution in [1.82, 2.24) is 5.32 Å². The van der Waals surface area contributed by atoms with E-state index in [1.54, 1.807) is 0 Å². The van der Waals surface area contributed by atoms with Crippen molar-refractivity contribution >= 4 is 5.91 Å². The minimum atomic E-state index is -0.0155. The third-order valence-electron chi connectivity index (χ3n) is 4.49. The molecule has 4 atom stereocenters. The van der Waals surface area contributed by atoms with E-state index in [-0.39, 0.29) is 24.1 Å². The molecule has 4 heteroatoms. The number of carbonyl (C=O) groups excluding carboxylic acids is 1. The maximum atomic E-state index is 12.1. The molecule has 3 N–H and O–H groups in total. The molecule has 3 rings (SSSR count). The zero-order chi connectivity index (χ0) is 14.1. The van der Waals surface area contributed by atoms with Crippen LogP contribution in [0.15, 0.2) is 24.3 Å². The quantitative estimate of drug-likeness (QED) is 0.869. The fourth-order valence-corrected chi connectivity index (χ4v) is 3.25. The first-order valence-electron chi connectivity index (χ1n) is 7.37. The highest BCUT2D eigenvalue weighted by Crippen LogP contribution is 2.36. The summed E-state index contributed by atoms with van der Waals surface area (Å²) in [6.45, 7) is 2.83. The molecule has 4 nitrogen and oxygen atoms in total. The number of hydrogen-bond acceptors (Lipinski definition) is 3. The number of ether oxygens (including phenoxy) is 1. The number of benzene rings is 1. The van der Waals surface area contributed by atoms with Crippen molar-refractivity contribution in [3.8, 4) is 0 Å². The van der Waals surface area contributed by atoms with Crippen LogP contribution >= 0.6 is 0 Å². The Kier molecular flexibility index (Phi) is 3.76. The fraction of sp³-hybridized carbons (Fsp3) is 0.562. The van der Waals surface area contributed by atoms with Crippen LogP contribution in [0.1, 0.15) is 24.0 Å². The molecule has 1 aliphatic heterocycles. The van der Waals surface area contributed by atoms with Crippen molar-refractivity contribution in [3.63, 3.8) is 0 Å². The van der Waals surface area contributed by atoms with Crippen LogP contribution in [0.4, 0.5) is 0 Å². The van der Waals surface area contributed by atoms with E-state index in [1.807, 2.05) is 31.2 Å². The first kappa shape index (κ1) is 13.6. The summed E-state index contributed by atoms with van der Waals surface area (Å²) in [4.78, 5) is 12.1.